The van der Waals surface area contributed by atoms with E-state index in [0.29, 0.717) is 5.69 Å². The largest absolute Gasteiger partial charge is 0.449 e. The predicted molar refractivity (Wildman–Crippen MR) is 112 cm³/mol. The van der Waals surface area contributed by atoms with Gasteiger partial charge in [0.15, 0.2) is 0 Å². The van der Waals surface area contributed by atoms with Crippen LogP contribution in [0.5, 0.6) is 0 Å². The Morgan fingerprint density at radius 2 is 1.71 bits per heavy atom. The fraction of sp³-hybridized carbons (Fsp3) is 0.0952. The second kappa shape index (κ2) is 8.20. The van der Waals surface area contributed by atoms with Gasteiger partial charge in [-0.25, -0.2) is 4.98 Å². The highest BCUT2D eigenvalue weighted by Gasteiger charge is 2.38. The van der Waals surface area contributed by atoms with Gasteiger partial charge in [0.2, 0.25) is 5.82 Å². The van der Waals surface area contributed by atoms with Gasteiger partial charge in [-0.2, -0.15) is 13.2 Å². The molecule has 0 saturated heterocycles. The van der Waals surface area contributed by atoms with Crippen molar-refractivity contribution in [3.05, 3.63) is 87.9 Å². The zero-order valence-electron chi connectivity index (χ0n) is 15.6. The lowest BCUT2D eigenvalue weighted by molar-refractivity contribution is -0.146. The SMILES string of the molecule is O=C(Nc1c(Cl)cccc1Cl)c1cccc2c1nc(C(F)(F)F)n2Cc1ccccn1. The van der Waals surface area contributed by atoms with Gasteiger partial charge in [0, 0.05) is 6.20 Å². The van der Waals surface area contributed by atoms with Crippen molar-refractivity contribution in [2.75, 3.05) is 5.32 Å². The van der Waals surface area contributed by atoms with Gasteiger partial charge in [0.25, 0.3) is 5.91 Å². The molecular formula is C21H13Cl2F3N4O. The molecule has 4 rings (SSSR count). The van der Waals surface area contributed by atoms with E-state index >= 15 is 0 Å². The molecule has 0 atom stereocenters. The van der Waals surface area contributed by atoms with Crippen molar-refractivity contribution in [2.24, 2.45) is 0 Å². The molecule has 1 amide bonds. The van der Waals surface area contributed by atoms with E-state index in [2.05, 4.69) is 15.3 Å². The molecule has 2 aromatic heterocycles. The fourth-order valence-corrected chi connectivity index (χ4v) is 3.65. The Bertz CT molecular complexity index is 1250. The first-order valence-electron chi connectivity index (χ1n) is 8.97. The highest BCUT2D eigenvalue weighted by atomic mass is 35.5. The van der Waals surface area contributed by atoms with E-state index in [1.165, 1.54) is 36.5 Å². The van der Waals surface area contributed by atoms with Gasteiger partial charge < -0.3 is 9.88 Å². The van der Waals surface area contributed by atoms with Crippen LogP contribution >= 0.6 is 23.2 Å². The van der Waals surface area contributed by atoms with Gasteiger partial charge in [0.05, 0.1) is 39.1 Å². The van der Waals surface area contributed by atoms with Crippen LogP contribution in [0.3, 0.4) is 0 Å². The molecule has 0 fully saturated rings. The number of para-hydroxylation sites is 2. The van der Waals surface area contributed by atoms with Crippen molar-refractivity contribution in [1.82, 2.24) is 14.5 Å². The number of carbonyl (C=O) groups is 1. The van der Waals surface area contributed by atoms with Gasteiger partial charge in [-0.05, 0) is 36.4 Å². The van der Waals surface area contributed by atoms with E-state index in [9.17, 15) is 18.0 Å². The molecule has 4 aromatic rings. The van der Waals surface area contributed by atoms with Crippen molar-refractivity contribution in [3.63, 3.8) is 0 Å². The van der Waals surface area contributed by atoms with Gasteiger partial charge in [0.1, 0.15) is 5.52 Å². The number of hydrogen-bond acceptors (Lipinski definition) is 3. The van der Waals surface area contributed by atoms with Crippen molar-refractivity contribution in [1.29, 1.82) is 0 Å². The molecule has 0 spiro atoms. The lowest BCUT2D eigenvalue weighted by Crippen LogP contribution is -2.16. The lowest BCUT2D eigenvalue weighted by atomic mass is 10.1. The maximum Gasteiger partial charge on any atom is 0.449 e. The van der Waals surface area contributed by atoms with Crippen molar-refractivity contribution < 1.29 is 18.0 Å². The molecule has 0 aliphatic heterocycles. The summed E-state index contributed by atoms with van der Waals surface area (Å²) in [7, 11) is 0. The summed E-state index contributed by atoms with van der Waals surface area (Å²) >= 11 is 12.2. The van der Waals surface area contributed by atoms with Gasteiger partial charge in [-0.1, -0.05) is 41.4 Å². The quantitative estimate of drug-likeness (QED) is 0.399. The minimum atomic E-state index is -4.73. The van der Waals surface area contributed by atoms with Crippen LogP contribution < -0.4 is 5.32 Å². The number of imidazole rings is 1. The summed E-state index contributed by atoms with van der Waals surface area (Å²) in [4.78, 5) is 20.8. The van der Waals surface area contributed by atoms with E-state index in [1.54, 1.807) is 24.3 Å². The smallest absolute Gasteiger partial charge is 0.319 e. The third-order valence-electron chi connectivity index (χ3n) is 4.52. The van der Waals surface area contributed by atoms with Crippen molar-refractivity contribution >= 4 is 45.8 Å². The number of anilines is 1. The van der Waals surface area contributed by atoms with E-state index < -0.39 is 17.9 Å². The zero-order valence-corrected chi connectivity index (χ0v) is 17.1. The topological polar surface area (TPSA) is 59.8 Å². The Kier molecular flexibility index (Phi) is 5.60. The molecule has 0 aliphatic carbocycles. The lowest BCUT2D eigenvalue weighted by Gasteiger charge is -2.11. The first-order chi connectivity index (χ1) is 14.8. The van der Waals surface area contributed by atoms with Crippen LogP contribution in [0.1, 0.15) is 21.9 Å². The third kappa shape index (κ3) is 4.22. The summed E-state index contributed by atoms with van der Waals surface area (Å²) in [6, 6.07) is 14.0. The minimum Gasteiger partial charge on any atom is -0.319 e. The maximum atomic E-state index is 13.7. The number of hydrogen-bond donors (Lipinski definition) is 1. The molecule has 158 valence electrons. The first kappa shape index (κ1) is 21.1. The molecule has 0 saturated carbocycles. The molecule has 10 heteroatoms. The van der Waals surface area contributed by atoms with Crippen LogP contribution in [0.15, 0.2) is 60.8 Å². The molecule has 1 N–H and O–H groups in total. The zero-order chi connectivity index (χ0) is 22.2. The summed E-state index contributed by atoms with van der Waals surface area (Å²) < 4.78 is 42.2. The molecule has 2 heterocycles. The van der Waals surface area contributed by atoms with E-state index in [1.807, 2.05) is 0 Å². The maximum absolute atomic E-state index is 13.7. The van der Waals surface area contributed by atoms with E-state index in [-0.39, 0.29) is 38.9 Å². The predicted octanol–water partition coefficient (Wildman–Crippen LogP) is 6.06. The summed E-state index contributed by atoms with van der Waals surface area (Å²) in [5.41, 5.74) is 0.600. The van der Waals surface area contributed by atoms with E-state index in [4.69, 9.17) is 23.2 Å². The average molecular weight is 465 g/mol. The summed E-state index contributed by atoms with van der Waals surface area (Å²) in [5.74, 6) is -1.80. The second-order valence-electron chi connectivity index (χ2n) is 6.56. The number of benzene rings is 2. The number of halogens is 5. The molecule has 31 heavy (non-hydrogen) atoms. The molecule has 5 nitrogen and oxygen atoms in total. The van der Waals surface area contributed by atoms with Crippen LogP contribution in [0, 0.1) is 0 Å². The van der Waals surface area contributed by atoms with Crippen LogP contribution in [0.4, 0.5) is 18.9 Å². The van der Waals surface area contributed by atoms with Crippen molar-refractivity contribution in [2.45, 2.75) is 12.7 Å². The fourth-order valence-electron chi connectivity index (χ4n) is 3.16. The Labute approximate surface area is 184 Å². The number of fused-ring (bicyclic) bond motifs is 1. The molecule has 2 aromatic carbocycles. The number of nitrogens with zero attached hydrogens (tertiary/aromatic N) is 3. The van der Waals surface area contributed by atoms with Crippen molar-refractivity contribution in [3.8, 4) is 0 Å². The third-order valence-corrected chi connectivity index (χ3v) is 5.15. The highest BCUT2D eigenvalue weighted by molar-refractivity contribution is 6.40. The Morgan fingerprint density at radius 3 is 2.35 bits per heavy atom. The Morgan fingerprint density at radius 1 is 1.00 bits per heavy atom. The van der Waals surface area contributed by atoms with Gasteiger partial charge >= 0.3 is 6.18 Å². The van der Waals surface area contributed by atoms with Gasteiger partial charge in [-0.15, -0.1) is 0 Å². The number of alkyl halides is 3. The molecule has 0 radical (unpaired) electrons. The number of aromatic nitrogens is 3. The highest BCUT2D eigenvalue weighted by Crippen LogP contribution is 2.34. The molecule has 0 unspecified atom stereocenters. The monoisotopic (exact) mass is 464 g/mol. The van der Waals surface area contributed by atoms with Crippen LogP contribution in [0.2, 0.25) is 10.0 Å². The van der Waals surface area contributed by atoms with E-state index in [0.717, 1.165) is 4.57 Å². The molecule has 0 bridgehead atoms. The minimum absolute atomic E-state index is 0.0428. The Balaban J connectivity index is 1.82. The number of rotatable bonds is 4. The molecular weight excluding hydrogens is 452 g/mol. The number of amides is 1. The summed E-state index contributed by atoms with van der Waals surface area (Å²) in [6.45, 7) is -0.159. The van der Waals surface area contributed by atoms with Crippen LogP contribution in [0.25, 0.3) is 11.0 Å². The Hall–Kier alpha value is -3.10. The number of nitrogens with one attached hydrogen (secondary N) is 1. The summed E-state index contributed by atoms with van der Waals surface area (Å²) in [6.07, 6.45) is -3.23. The average Bonchev–Trinajstić information content (AvgIpc) is 3.10. The van der Waals surface area contributed by atoms with Crippen LogP contribution in [-0.2, 0) is 12.7 Å². The number of carbonyl (C=O) groups excluding carboxylic acids is 1. The summed E-state index contributed by atoms with van der Waals surface area (Å²) in [5, 5.41) is 2.96. The first-order valence-corrected chi connectivity index (χ1v) is 9.73. The molecule has 0 aliphatic rings. The normalized spacial score (nSPS) is 11.6. The standard InChI is InChI=1S/C21H13Cl2F3N4O/c22-14-7-4-8-15(23)18(14)28-19(31)13-6-3-9-16-17(13)29-20(21(24,25)26)30(16)11-12-5-1-2-10-27-12/h1-10H,11H2,(H,28,31). The number of pyridine rings is 1. The van der Waals surface area contributed by atoms with Crippen LogP contribution in [-0.4, -0.2) is 20.4 Å². The van der Waals surface area contributed by atoms with Gasteiger partial charge in [-0.3, -0.25) is 9.78 Å². The second-order valence-corrected chi connectivity index (χ2v) is 7.38.